The first-order chi connectivity index (χ1) is 12.1. The van der Waals surface area contributed by atoms with Gasteiger partial charge in [0.05, 0.1) is 0 Å². The Morgan fingerprint density at radius 3 is 2.44 bits per heavy atom. The second kappa shape index (κ2) is 9.44. The largest absolute Gasteiger partial charge is 0.492 e. The number of rotatable bonds is 10. The number of ether oxygens (including phenoxy) is 2. The Morgan fingerprint density at radius 1 is 1.04 bits per heavy atom. The monoisotopic (exact) mass is 343 g/mol. The first kappa shape index (κ1) is 18.5. The van der Waals surface area contributed by atoms with Crippen LogP contribution in [0.15, 0.2) is 54.6 Å². The highest BCUT2D eigenvalue weighted by atomic mass is 16.5. The van der Waals surface area contributed by atoms with Gasteiger partial charge in [0.1, 0.15) is 18.1 Å². The molecule has 0 amide bonds. The van der Waals surface area contributed by atoms with Crippen molar-refractivity contribution in [2.24, 2.45) is 5.73 Å². The molecule has 0 saturated heterocycles. The predicted octanol–water partition coefficient (Wildman–Crippen LogP) is 2.52. The molecule has 2 rings (SSSR count). The zero-order valence-electron chi connectivity index (χ0n) is 13.8. The van der Waals surface area contributed by atoms with Crippen molar-refractivity contribution in [2.75, 3.05) is 13.2 Å². The van der Waals surface area contributed by atoms with Crippen LogP contribution in [0.3, 0.4) is 0 Å². The minimum atomic E-state index is -1.10. The molecule has 6 nitrogen and oxygen atoms in total. The minimum Gasteiger partial charge on any atom is -0.492 e. The van der Waals surface area contributed by atoms with Gasteiger partial charge in [-0.15, -0.1) is 0 Å². The molecule has 0 aliphatic heterocycles. The van der Waals surface area contributed by atoms with Gasteiger partial charge in [0.15, 0.2) is 11.9 Å². The lowest BCUT2D eigenvalue weighted by molar-refractivity contribution is -0.145. The van der Waals surface area contributed by atoms with Crippen molar-refractivity contribution in [2.45, 2.75) is 18.9 Å². The molecule has 25 heavy (non-hydrogen) atoms. The summed E-state index contributed by atoms with van der Waals surface area (Å²) in [6, 6.07) is 15.4. The lowest BCUT2D eigenvalue weighted by Gasteiger charge is -2.14. The number of benzene rings is 2. The van der Waals surface area contributed by atoms with Crippen molar-refractivity contribution in [3.8, 4) is 11.5 Å². The Labute approximate surface area is 146 Å². The highest BCUT2D eigenvalue weighted by Crippen LogP contribution is 2.18. The van der Waals surface area contributed by atoms with Gasteiger partial charge in [0.2, 0.25) is 0 Å². The summed E-state index contributed by atoms with van der Waals surface area (Å²) in [5.74, 6) is -0.246. The number of carboxylic acids is 1. The highest BCUT2D eigenvalue weighted by molar-refractivity contribution is 5.96. The molecule has 1 atom stereocenters. The summed E-state index contributed by atoms with van der Waals surface area (Å²) in [6.07, 6.45) is -0.941. The maximum absolute atomic E-state index is 12.3. The topological polar surface area (TPSA) is 98.9 Å². The number of carbonyl (C=O) groups is 2. The molecular weight excluding hydrogens is 322 g/mol. The third kappa shape index (κ3) is 5.93. The number of nitrogens with two attached hydrogens (primary N) is 1. The van der Waals surface area contributed by atoms with Crippen LogP contribution >= 0.6 is 0 Å². The van der Waals surface area contributed by atoms with E-state index in [9.17, 15) is 14.7 Å². The van der Waals surface area contributed by atoms with Crippen LogP contribution in [-0.4, -0.2) is 36.1 Å². The highest BCUT2D eigenvalue weighted by Gasteiger charge is 2.21. The van der Waals surface area contributed by atoms with E-state index in [4.69, 9.17) is 15.2 Å². The summed E-state index contributed by atoms with van der Waals surface area (Å²) >= 11 is 0. The van der Waals surface area contributed by atoms with Gasteiger partial charge in [-0.2, -0.15) is 0 Å². The van der Waals surface area contributed by atoms with E-state index < -0.39 is 12.1 Å². The lowest BCUT2D eigenvalue weighted by atomic mass is 10.0. The predicted molar refractivity (Wildman–Crippen MR) is 93.0 cm³/mol. The number of carbonyl (C=O) groups excluding carboxylic acids is 1. The van der Waals surface area contributed by atoms with Gasteiger partial charge >= 0.3 is 5.97 Å². The average Bonchev–Trinajstić information content (AvgIpc) is 2.64. The third-order valence-corrected chi connectivity index (χ3v) is 3.47. The summed E-state index contributed by atoms with van der Waals surface area (Å²) in [6.45, 7) is 0.749. The van der Waals surface area contributed by atoms with E-state index >= 15 is 0 Å². The number of aliphatic carboxylic acids is 1. The van der Waals surface area contributed by atoms with E-state index in [0.29, 0.717) is 30.2 Å². The van der Waals surface area contributed by atoms with Crippen LogP contribution in [-0.2, 0) is 4.79 Å². The number of para-hydroxylation sites is 1. The Bertz CT molecular complexity index is 702. The fraction of sp³-hybridized carbons (Fsp3) is 0.263. The molecule has 0 saturated carbocycles. The van der Waals surface area contributed by atoms with E-state index in [1.165, 1.54) is 0 Å². The van der Waals surface area contributed by atoms with Gasteiger partial charge in [-0.1, -0.05) is 30.3 Å². The smallest absolute Gasteiger partial charge is 0.344 e. The second-order valence-corrected chi connectivity index (χ2v) is 5.38. The fourth-order valence-corrected chi connectivity index (χ4v) is 2.24. The van der Waals surface area contributed by atoms with Crippen molar-refractivity contribution in [1.29, 1.82) is 0 Å². The Morgan fingerprint density at radius 2 is 1.76 bits per heavy atom. The standard InChI is InChI=1S/C19H21NO5/c20-11-12-24-16-8-4-5-14(13-16)17(21)9-10-18(19(22)23)25-15-6-2-1-3-7-15/h1-8,13,18H,9-12,20H2,(H,22,23). The number of carboxylic acid groups (broad SMARTS) is 1. The number of hydrogen-bond donors (Lipinski definition) is 2. The third-order valence-electron chi connectivity index (χ3n) is 3.47. The molecule has 2 aromatic carbocycles. The molecule has 132 valence electrons. The van der Waals surface area contributed by atoms with Crippen LogP contribution in [0.1, 0.15) is 23.2 Å². The van der Waals surface area contributed by atoms with Crippen LogP contribution in [0.25, 0.3) is 0 Å². The normalized spacial score (nSPS) is 11.6. The molecule has 0 aromatic heterocycles. The minimum absolute atomic E-state index is 0.0597. The first-order valence-electron chi connectivity index (χ1n) is 8.01. The zero-order valence-corrected chi connectivity index (χ0v) is 13.8. The van der Waals surface area contributed by atoms with E-state index in [1.54, 1.807) is 48.5 Å². The van der Waals surface area contributed by atoms with Crippen LogP contribution in [0, 0.1) is 0 Å². The molecule has 0 aliphatic rings. The summed E-state index contributed by atoms with van der Waals surface area (Å²) in [5.41, 5.74) is 5.86. The molecule has 0 heterocycles. The molecule has 2 aromatic rings. The maximum Gasteiger partial charge on any atom is 0.344 e. The van der Waals surface area contributed by atoms with Crippen molar-refractivity contribution in [1.82, 2.24) is 0 Å². The first-order valence-corrected chi connectivity index (χ1v) is 8.01. The molecule has 3 N–H and O–H groups in total. The van der Waals surface area contributed by atoms with E-state index in [-0.39, 0.29) is 18.6 Å². The molecule has 0 aliphatic carbocycles. The van der Waals surface area contributed by atoms with Gasteiger partial charge in [-0.05, 0) is 24.3 Å². The fourth-order valence-electron chi connectivity index (χ4n) is 2.24. The van der Waals surface area contributed by atoms with Gasteiger partial charge < -0.3 is 20.3 Å². The average molecular weight is 343 g/mol. The summed E-state index contributed by atoms with van der Waals surface area (Å²) in [7, 11) is 0. The number of hydrogen-bond acceptors (Lipinski definition) is 5. The second-order valence-electron chi connectivity index (χ2n) is 5.38. The quantitative estimate of drug-likeness (QED) is 0.643. The van der Waals surface area contributed by atoms with Crippen molar-refractivity contribution < 1.29 is 24.2 Å². The van der Waals surface area contributed by atoms with Crippen molar-refractivity contribution in [3.05, 3.63) is 60.2 Å². The molecular formula is C19H21NO5. The molecule has 6 heteroatoms. The van der Waals surface area contributed by atoms with Gasteiger partial charge in [-0.3, -0.25) is 4.79 Å². The van der Waals surface area contributed by atoms with Crippen LogP contribution < -0.4 is 15.2 Å². The Kier molecular flexibility index (Phi) is 6.98. The SMILES string of the molecule is NCCOc1cccc(C(=O)CCC(Oc2ccccc2)C(=O)O)c1. The number of ketones is 1. The van der Waals surface area contributed by atoms with E-state index in [1.807, 2.05) is 6.07 Å². The van der Waals surface area contributed by atoms with Crippen molar-refractivity contribution in [3.63, 3.8) is 0 Å². The molecule has 0 bridgehead atoms. The Balaban J connectivity index is 1.95. The summed E-state index contributed by atoms with van der Waals surface area (Å²) in [4.78, 5) is 23.7. The lowest BCUT2D eigenvalue weighted by Crippen LogP contribution is -2.27. The van der Waals surface area contributed by atoms with Crippen molar-refractivity contribution >= 4 is 11.8 Å². The van der Waals surface area contributed by atoms with Gasteiger partial charge in [-0.25, -0.2) is 4.79 Å². The number of Topliss-reactive ketones (excluding diaryl/α,β-unsaturated/α-hetero) is 1. The van der Waals surface area contributed by atoms with Crippen LogP contribution in [0.5, 0.6) is 11.5 Å². The molecule has 1 unspecified atom stereocenters. The van der Waals surface area contributed by atoms with Crippen LogP contribution in [0.4, 0.5) is 0 Å². The Hall–Kier alpha value is -2.86. The molecule has 0 fully saturated rings. The summed E-state index contributed by atoms with van der Waals surface area (Å²) in [5, 5.41) is 9.29. The van der Waals surface area contributed by atoms with Gasteiger partial charge in [0.25, 0.3) is 0 Å². The van der Waals surface area contributed by atoms with E-state index in [2.05, 4.69) is 0 Å². The molecule has 0 radical (unpaired) electrons. The van der Waals surface area contributed by atoms with Crippen LogP contribution in [0.2, 0.25) is 0 Å². The zero-order chi connectivity index (χ0) is 18.1. The van der Waals surface area contributed by atoms with E-state index in [0.717, 1.165) is 0 Å². The van der Waals surface area contributed by atoms with Gasteiger partial charge in [0, 0.05) is 24.9 Å². The summed E-state index contributed by atoms with van der Waals surface area (Å²) < 4.78 is 10.8. The molecule has 0 spiro atoms. The maximum atomic E-state index is 12.3.